The van der Waals surface area contributed by atoms with Gasteiger partial charge in [0.05, 0.1) is 15.5 Å². The molecule has 1 aromatic heterocycles. The van der Waals surface area contributed by atoms with E-state index in [0.717, 1.165) is 0 Å². The maximum Gasteiger partial charge on any atom is 0.492 e. The van der Waals surface area contributed by atoms with Crippen molar-refractivity contribution in [2.45, 2.75) is 38.9 Å². The van der Waals surface area contributed by atoms with Crippen LogP contribution in [0.2, 0.25) is 4.34 Å². The Morgan fingerprint density at radius 2 is 1.94 bits per heavy atom. The lowest BCUT2D eigenvalue weighted by Gasteiger charge is -2.38. The lowest BCUT2D eigenvalue weighted by Crippen LogP contribution is -2.52. The summed E-state index contributed by atoms with van der Waals surface area (Å²) in [6, 6.07) is 1.65. The molecule has 3 nitrogen and oxygen atoms in total. The van der Waals surface area contributed by atoms with E-state index in [1.165, 1.54) is 11.3 Å². The van der Waals surface area contributed by atoms with Crippen LogP contribution in [0.5, 0.6) is 0 Å². The summed E-state index contributed by atoms with van der Waals surface area (Å²) in [4.78, 5) is 0. The van der Waals surface area contributed by atoms with E-state index < -0.39 is 18.3 Å². The summed E-state index contributed by atoms with van der Waals surface area (Å²) in [5.41, 5.74) is -1.30. The molecule has 0 saturated carbocycles. The molecule has 1 aromatic rings. The maximum absolute atomic E-state index is 9.89. The van der Waals surface area contributed by atoms with Gasteiger partial charge >= 0.3 is 7.12 Å². The lowest BCUT2D eigenvalue weighted by molar-refractivity contribution is -0.0982. The van der Waals surface area contributed by atoms with Gasteiger partial charge in [-0.15, -0.1) is 11.3 Å². The third kappa shape index (κ3) is 3.21. The summed E-state index contributed by atoms with van der Waals surface area (Å²) in [6.45, 7) is 6.73. The molecule has 0 aliphatic carbocycles. The van der Waals surface area contributed by atoms with Gasteiger partial charge in [-0.2, -0.15) is 0 Å². The number of hydrogen-bond donors (Lipinski definition) is 2. The molecule has 0 amide bonds. The van der Waals surface area contributed by atoms with Gasteiger partial charge < -0.3 is 14.8 Å². The monoisotopic (exact) mass is 262 g/mol. The van der Waals surface area contributed by atoms with Crippen LogP contribution in [0.4, 0.5) is 0 Å². The summed E-state index contributed by atoms with van der Waals surface area (Å²) in [6.07, 6.45) is 0. The number of hydrogen-bond acceptors (Lipinski definition) is 4. The molecule has 0 aliphatic rings. The molecule has 0 bridgehead atoms. The molecule has 90 valence electrons. The first-order chi connectivity index (χ1) is 7.13. The Morgan fingerprint density at radius 1 is 1.38 bits per heavy atom. The Kier molecular flexibility index (Phi) is 4.08. The maximum atomic E-state index is 9.89. The van der Waals surface area contributed by atoms with Crippen molar-refractivity contribution in [2.75, 3.05) is 0 Å². The first-order valence-corrected chi connectivity index (χ1v) is 6.21. The van der Waals surface area contributed by atoms with Gasteiger partial charge in [0.1, 0.15) is 0 Å². The van der Waals surface area contributed by atoms with Gasteiger partial charge in [0.15, 0.2) is 0 Å². The highest BCUT2D eigenvalue weighted by molar-refractivity contribution is 7.15. The predicted molar refractivity (Wildman–Crippen MR) is 68.4 cm³/mol. The van der Waals surface area contributed by atoms with E-state index in [9.17, 15) is 10.1 Å². The molecular weight excluding hydrogens is 246 g/mol. The molecule has 0 saturated heterocycles. The van der Waals surface area contributed by atoms with Crippen LogP contribution < -0.4 is 5.46 Å². The first-order valence-electron chi connectivity index (χ1n) is 4.96. The molecular formula is C10H16BClO3S. The fourth-order valence-electron chi connectivity index (χ4n) is 0.944. The summed E-state index contributed by atoms with van der Waals surface area (Å²) in [7, 11) is -1.08. The summed E-state index contributed by atoms with van der Waals surface area (Å²) < 4.78 is 6.05. The normalized spacial score (nSPS) is 12.9. The van der Waals surface area contributed by atoms with Crippen LogP contribution >= 0.6 is 22.9 Å². The van der Waals surface area contributed by atoms with Crippen LogP contribution in [0.15, 0.2) is 11.4 Å². The van der Waals surface area contributed by atoms with Crippen molar-refractivity contribution in [3.05, 3.63) is 15.8 Å². The molecule has 0 aromatic carbocycles. The molecule has 0 aliphatic heterocycles. The molecule has 6 heteroatoms. The summed E-state index contributed by atoms with van der Waals surface area (Å²) >= 11 is 7.10. The summed E-state index contributed by atoms with van der Waals surface area (Å²) in [5.74, 6) is 0. The first kappa shape index (κ1) is 14.0. The molecule has 0 unspecified atom stereocenters. The zero-order chi connectivity index (χ0) is 12.6. The molecule has 0 atom stereocenters. The van der Waals surface area contributed by atoms with Crippen molar-refractivity contribution < 1.29 is 14.8 Å². The third-order valence-corrected chi connectivity index (χ3v) is 3.86. The predicted octanol–water partition coefficient (Wildman–Crippen LogP) is 1.66. The van der Waals surface area contributed by atoms with E-state index in [2.05, 4.69) is 0 Å². The van der Waals surface area contributed by atoms with Crippen molar-refractivity contribution in [2.24, 2.45) is 0 Å². The van der Waals surface area contributed by atoms with Crippen molar-refractivity contribution in [3.63, 3.8) is 0 Å². The minimum absolute atomic E-state index is 0.596. The Bertz CT molecular complexity index is 359. The highest BCUT2D eigenvalue weighted by atomic mass is 35.5. The van der Waals surface area contributed by atoms with Crippen molar-refractivity contribution >= 4 is 35.5 Å². The van der Waals surface area contributed by atoms with E-state index in [-0.39, 0.29) is 0 Å². The number of rotatable bonds is 4. The lowest BCUT2D eigenvalue weighted by atomic mass is 9.78. The van der Waals surface area contributed by atoms with Crippen molar-refractivity contribution in [1.29, 1.82) is 0 Å². The smallest absolute Gasteiger partial charge is 0.423 e. The van der Waals surface area contributed by atoms with Crippen LogP contribution in [0.3, 0.4) is 0 Å². The molecule has 1 rings (SSSR count). The zero-order valence-electron chi connectivity index (χ0n) is 9.82. The zero-order valence-corrected chi connectivity index (χ0v) is 11.4. The van der Waals surface area contributed by atoms with Gasteiger partial charge in [0.25, 0.3) is 0 Å². The largest absolute Gasteiger partial charge is 0.492 e. The Hall–Kier alpha value is -0.0651. The molecule has 2 N–H and O–H groups in total. The van der Waals surface area contributed by atoms with Crippen molar-refractivity contribution in [3.8, 4) is 0 Å². The van der Waals surface area contributed by atoms with Gasteiger partial charge in [-0.05, 0) is 44.6 Å². The van der Waals surface area contributed by atoms with E-state index in [0.29, 0.717) is 9.80 Å². The van der Waals surface area contributed by atoms with E-state index in [4.69, 9.17) is 16.3 Å². The second-order valence-electron chi connectivity index (χ2n) is 4.72. The Labute approximate surface area is 105 Å². The minimum atomic E-state index is -1.08. The molecule has 0 radical (unpaired) electrons. The molecule has 0 spiro atoms. The van der Waals surface area contributed by atoms with Crippen LogP contribution in [0, 0.1) is 0 Å². The second-order valence-corrected chi connectivity index (χ2v) is 6.27. The SMILES string of the molecule is CC(C)(O)C(C)(C)OB(O)c1csc(Cl)c1. The number of aliphatic hydroxyl groups is 1. The topological polar surface area (TPSA) is 49.7 Å². The van der Waals surface area contributed by atoms with Gasteiger partial charge in [0, 0.05) is 0 Å². The van der Waals surface area contributed by atoms with Gasteiger partial charge in [-0.1, -0.05) is 11.6 Å². The van der Waals surface area contributed by atoms with Gasteiger partial charge in [-0.3, -0.25) is 0 Å². The van der Waals surface area contributed by atoms with E-state index in [1.807, 2.05) is 0 Å². The fourth-order valence-corrected chi connectivity index (χ4v) is 1.84. The molecule has 1 heterocycles. The summed E-state index contributed by atoms with van der Waals surface area (Å²) in [5, 5.41) is 21.5. The number of halogens is 1. The van der Waals surface area contributed by atoms with E-state index >= 15 is 0 Å². The molecule has 16 heavy (non-hydrogen) atoms. The minimum Gasteiger partial charge on any atom is -0.423 e. The molecule has 0 fully saturated rings. The standard InChI is InChI=1S/C10H16BClO3S/c1-9(2,13)10(3,4)15-11(14)7-5-8(12)16-6-7/h5-6,13-14H,1-4H3. The van der Waals surface area contributed by atoms with Crippen LogP contribution in [0.1, 0.15) is 27.7 Å². The van der Waals surface area contributed by atoms with Crippen LogP contribution in [-0.4, -0.2) is 28.5 Å². The Morgan fingerprint density at radius 3 is 2.31 bits per heavy atom. The van der Waals surface area contributed by atoms with Crippen molar-refractivity contribution in [1.82, 2.24) is 0 Å². The van der Waals surface area contributed by atoms with Gasteiger partial charge in [0.2, 0.25) is 0 Å². The average Bonchev–Trinajstić information content (AvgIpc) is 2.48. The van der Waals surface area contributed by atoms with Crippen LogP contribution in [-0.2, 0) is 4.65 Å². The highest BCUT2D eigenvalue weighted by Gasteiger charge is 2.39. The third-order valence-electron chi connectivity index (χ3n) is 2.75. The number of thiophene rings is 1. The fraction of sp³-hybridized carbons (Fsp3) is 0.600. The van der Waals surface area contributed by atoms with E-state index in [1.54, 1.807) is 39.1 Å². The Balaban J connectivity index is 2.75. The second kappa shape index (κ2) is 4.66. The highest BCUT2D eigenvalue weighted by Crippen LogP contribution is 2.25. The quantitative estimate of drug-likeness (QED) is 0.812. The van der Waals surface area contributed by atoms with Gasteiger partial charge in [-0.25, -0.2) is 0 Å². The average molecular weight is 263 g/mol. The van der Waals surface area contributed by atoms with Crippen LogP contribution in [0.25, 0.3) is 0 Å².